The minimum absolute atomic E-state index is 0.000479. The molecule has 2 atom stereocenters. The standard InChI is InChI=1S/C24H27N3O3S2/c1-5-27-23(30)20-18-11-6-13(2)12-19(18)32-22(20)26-24(27)31-15(4)21(29)25-17-9-7-16(8-10-17)14(3)28/h7-10,13,15H,5-6,11-12H2,1-4H3,(H,25,29). The number of hydrogen-bond donors (Lipinski definition) is 1. The number of ketones is 1. The van der Waals surface area contributed by atoms with Gasteiger partial charge in [-0.05, 0) is 75.8 Å². The van der Waals surface area contributed by atoms with Crippen LogP contribution in [0, 0.1) is 5.92 Å². The number of anilines is 1. The average Bonchev–Trinajstić information content (AvgIpc) is 3.11. The monoisotopic (exact) mass is 469 g/mol. The Morgan fingerprint density at radius 1 is 1.31 bits per heavy atom. The Morgan fingerprint density at radius 2 is 2.03 bits per heavy atom. The largest absolute Gasteiger partial charge is 0.325 e. The van der Waals surface area contributed by atoms with E-state index in [2.05, 4.69) is 12.2 Å². The molecule has 2 heterocycles. The maximum atomic E-state index is 13.3. The van der Waals surface area contributed by atoms with E-state index < -0.39 is 5.25 Å². The first-order chi connectivity index (χ1) is 15.3. The van der Waals surface area contributed by atoms with E-state index in [-0.39, 0.29) is 17.2 Å². The predicted molar refractivity (Wildman–Crippen MR) is 131 cm³/mol. The lowest BCUT2D eigenvalue weighted by atomic mass is 9.89. The van der Waals surface area contributed by atoms with Gasteiger partial charge in [-0.25, -0.2) is 4.98 Å². The molecule has 1 N–H and O–H groups in total. The molecule has 6 nitrogen and oxygen atoms in total. The second-order valence-electron chi connectivity index (χ2n) is 8.36. The lowest BCUT2D eigenvalue weighted by Crippen LogP contribution is -2.27. The smallest absolute Gasteiger partial charge is 0.263 e. The molecule has 1 amide bonds. The van der Waals surface area contributed by atoms with Crippen LogP contribution in [0.15, 0.2) is 34.2 Å². The Labute approximate surface area is 195 Å². The maximum absolute atomic E-state index is 13.3. The van der Waals surface area contributed by atoms with Crippen LogP contribution in [0.1, 0.15) is 54.9 Å². The van der Waals surface area contributed by atoms with Crippen molar-refractivity contribution in [1.82, 2.24) is 9.55 Å². The molecule has 1 aliphatic carbocycles. The average molecular weight is 470 g/mol. The number of nitrogens with zero attached hydrogens (tertiary/aromatic N) is 2. The van der Waals surface area contributed by atoms with E-state index in [0.717, 1.165) is 29.5 Å². The van der Waals surface area contributed by atoms with E-state index in [1.165, 1.54) is 29.1 Å². The van der Waals surface area contributed by atoms with Crippen molar-refractivity contribution in [3.8, 4) is 0 Å². The van der Waals surface area contributed by atoms with Gasteiger partial charge in [-0.3, -0.25) is 19.0 Å². The minimum Gasteiger partial charge on any atom is -0.325 e. The first-order valence-corrected chi connectivity index (χ1v) is 12.6. The van der Waals surface area contributed by atoms with Crippen molar-refractivity contribution in [2.45, 2.75) is 63.9 Å². The number of benzene rings is 1. The van der Waals surface area contributed by atoms with E-state index in [9.17, 15) is 14.4 Å². The molecule has 0 aliphatic heterocycles. The summed E-state index contributed by atoms with van der Waals surface area (Å²) in [6.45, 7) is 8.00. The summed E-state index contributed by atoms with van der Waals surface area (Å²) in [5, 5.41) is 3.78. The Bertz CT molecular complexity index is 1240. The van der Waals surface area contributed by atoms with Gasteiger partial charge in [0, 0.05) is 22.7 Å². The Hall–Kier alpha value is -2.45. The molecule has 0 saturated heterocycles. The van der Waals surface area contributed by atoms with Gasteiger partial charge in [-0.15, -0.1) is 11.3 Å². The zero-order valence-electron chi connectivity index (χ0n) is 18.7. The lowest BCUT2D eigenvalue weighted by molar-refractivity contribution is -0.115. The number of thiophene rings is 1. The first kappa shape index (κ1) is 22.7. The number of hydrogen-bond acceptors (Lipinski definition) is 6. The van der Waals surface area contributed by atoms with Crippen LogP contribution in [0.25, 0.3) is 10.2 Å². The number of carbonyl (C=O) groups is 2. The summed E-state index contributed by atoms with van der Waals surface area (Å²) >= 11 is 2.92. The molecule has 2 aromatic heterocycles. The third-order valence-corrected chi connectivity index (χ3v) is 8.15. The van der Waals surface area contributed by atoms with E-state index in [0.29, 0.717) is 28.9 Å². The molecule has 0 radical (unpaired) electrons. The van der Waals surface area contributed by atoms with Gasteiger partial charge in [0.15, 0.2) is 10.9 Å². The van der Waals surface area contributed by atoms with Gasteiger partial charge >= 0.3 is 0 Å². The van der Waals surface area contributed by atoms with Gasteiger partial charge in [0.25, 0.3) is 5.56 Å². The SMILES string of the molecule is CCn1c(SC(C)C(=O)Nc2ccc(C(C)=O)cc2)nc2sc3c(c2c1=O)CCC(C)C3. The van der Waals surface area contributed by atoms with Gasteiger partial charge in [0.1, 0.15) is 4.83 Å². The van der Waals surface area contributed by atoms with Crippen molar-refractivity contribution in [3.63, 3.8) is 0 Å². The number of rotatable bonds is 6. The number of nitrogens with one attached hydrogen (secondary N) is 1. The lowest BCUT2D eigenvalue weighted by Gasteiger charge is -2.18. The summed E-state index contributed by atoms with van der Waals surface area (Å²) in [6, 6.07) is 6.82. The van der Waals surface area contributed by atoms with Gasteiger partial charge < -0.3 is 5.32 Å². The van der Waals surface area contributed by atoms with E-state index in [4.69, 9.17) is 4.98 Å². The molecule has 4 rings (SSSR count). The molecule has 0 bridgehead atoms. The summed E-state index contributed by atoms with van der Waals surface area (Å²) in [6.07, 6.45) is 3.04. The fourth-order valence-electron chi connectivity index (χ4n) is 4.02. The molecule has 0 saturated carbocycles. The number of fused-ring (bicyclic) bond motifs is 3. The summed E-state index contributed by atoms with van der Waals surface area (Å²) in [7, 11) is 0. The molecular weight excluding hydrogens is 442 g/mol. The Balaban J connectivity index is 1.58. The van der Waals surface area contributed by atoms with Crippen molar-refractivity contribution < 1.29 is 9.59 Å². The topological polar surface area (TPSA) is 81.1 Å². The van der Waals surface area contributed by atoms with Crippen molar-refractivity contribution in [3.05, 3.63) is 50.6 Å². The fourth-order valence-corrected chi connectivity index (χ4v) is 6.41. The normalized spacial score (nSPS) is 16.6. The number of Topliss-reactive ketones (excluding diaryl/α,β-unsaturated/α-hetero) is 1. The van der Waals surface area contributed by atoms with Crippen LogP contribution in [0.5, 0.6) is 0 Å². The molecule has 32 heavy (non-hydrogen) atoms. The number of thioether (sulfide) groups is 1. The van der Waals surface area contributed by atoms with E-state index in [1.54, 1.807) is 47.1 Å². The van der Waals surface area contributed by atoms with Crippen molar-refractivity contribution >= 4 is 50.7 Å². The van der Waals surface area contributed by atoms with Crippen LogP contribution < -0.4 is 10.9 Å². The summed E-state index contributed by atoms with van der Waals surface area (Å²) in [5.41, 5.74) is 2.41. The zero-order chi connectivity index (χ0) is 23.0. The molecule has 1 aliphatic rings. The van der Waals surface area contributed by atoms with Gasteiger partial charge in [-0.1, -0.05) is 18.7 Å². The molecule has 8 heteroatoms. The van der Waals surface area contributed by atoms with Gasteiger partial charge in [0.05, 0.1) is 10.6 Å². The fraction of sp³-hybridized carbons (Fsp3) is 0.417. The highest BCUT2D eigenvalue weighted by Gasteiger charge is 2.25. The zero-order valence-corrected chi connectivity index (χ0v) is 20.4. The number of amides is 1. The van der Waals surface area contributed by atoms with Gasteiger partial charge in [-0.2, -0.15) is 0 Å². The molecule has 0 fully saturated rings. The molecule has 1 aromatic carbocycles. The van der Waals surface area contributed by atoms with Crippen LogP contribution >= 0.6 is 23.1 Å². The molecule has 0 spiro atoms. The second kappa shape index (κ2) is 9.19. The van der Waals surface area contributed by atoms with Crippen LogP contribution in [-0.4, -0.2) is 26.5 Å². The van der Waals surface area contributed by atoms with Crippen LogP contribution in [-0.2, 0) is 24.2 Å². The highest BCUT2D eigenvalue weighted by molar-refractivity contribution is 8.00. The molecule has 3 aromatic rings. The Morgan fingerprint density at radius 3 is 2.69 bits per heavy atom. The van der Waals surface area contributed by atoms with Crippen molar-refractivity contribution in [1.29, 1.82) is 0 Å². The minimum atomic E-state index is -0.445. The molecular formula is C24H27N3O3S2. The van der Waals surface area contributed by atoms with Crippen LogP contribution in [0.2, 0.25) is 0 Å². The molecule has 168 valence electrons. The number of aromatic nitrogens is 2. The third-order valence-electron chi connectivity index (χ3n) is 5.91. The van der Waals surface area contributed by atoms with E-state index in [1.807, 2.05) is 6.92 Å². The Kier molecular flexibility index (Phi) is 6.53. The number of carbonyl (C=O) groups excluding carboxylic acids is 2. The maximum Gasteiger partial charge on any atom is 0.263 e. The van der Waals surface area contributed by atoms with Crippen LogP contribution in [0.3, 0.4) is 0 Å². The predicted octanol–water partition coefficient (Wildman–Crippen LogP) is 4.92. The highest BCUT2D eigenvalue weighted by atomic mass is 32.2. The summed E-state index contributed by atoms with van der Waals surface area (Å²) in [5.74, 6) is 0.434. The highest BCUT2D eigenvalue weighted by Crippen LogP contribution is 2.37. The molecule has 2 unspecified atom stereocenters. The number of aryl methyl sites for hydroxylation is 1. The van der Waals surface area contributed by atoms with Crippen molar-refractivity contribution in [2.75, 3.05) is 5.32 Å². The third kappa shape index (κ3) is 4.38. The second-order valence-corrected chi connectivity index (χ2v) is 10.8. The summed E-state index contributed by atoms with van der Waals surface area (Å²) < 4.78 is 1.68. The van der Waals surface area contributed by atoms with Crippen molar-refractivity contribution in [2.24, 2.45) is 5.92 Å². The first-order valence-electron chi connectivity index (χ1n) is 10.9. The quantitative estimate of drug-likeness (QED) is 0.315. The van der Waals surface area contributed by atoms with Gasteiger partial charge in [0.2, 0.25) is 5.91 Å². The summed E-state index contributed by atoms with van der Waals surface area (Å²) in [4.78, 5) is 44.4. The van der Waals surface area contributed by atoms with E-state index >= 15 is 0 Å². The van der Waals surface area contributed by atoms with Crippen LogP contribution in [0.4, 0.5) is 5.69 Å².